The third-order valence-corrected chi connectivity index (χ3v) is 2.31. The lowest BCUT2D eigenvalue weighted by atomic mass is 10.3. The fraction of sp³-hybridized carbons (Fsp3) is 0. The summed E-state index contributed by atoms with van der Waals surface area (Å²) in [5.41, 5.74) is 4.33. The van der Waals surface area contributed by atoms with Gasteiger partial charge in [0.15, 0.2) is 0 Å². The lowest BCUT2D eigenvalue weighted by molar-refractivity contribution is 0.0877. The van der Waals surface area contributed by atoms with E-state index in [0.29, 0.717) is 0 Å². The molecule has 8 nitrogen and oxygen atoms in total. The third kappa shape index (κ3) is 2.52. The fourth-order valence-corrected chi connectivity index (χ4v) is 1.44. The van der Waals surface area contributed by atoms with Crippen molar-refractivity contribution in [1.29, 1.82) is 0 Å². The molecule has 0 spiro atoms. The highest BCUT2D eigenvalue weighted by Crippen LogP contribution is 2.05. The van der Waals surface area contributed by atoms with Crippen LogP contribution >= 0.6 is 0 Å². The second-order valence-electron chi connectivity index (χ2n) is 2.60. The number of carbonyl (C=O) groups is 2. The minimum absolute atomic E-state index is 0.334. The Morgan fingerprint density at radius 2 is 2.00 bits per heavy atom. The highest BCUT2D eigenvalue weighted by molar-refractivity contribution is 7.84. The van der Waals surface area contributed by atoms with Gasteiger partial charge in [0.25, 0.3) is 5.91 Å². The molecule has 0 aliphatic rings. The van der Waals surface area contributed by atoms with Crippen molar-refractivity contribution in [2.45, 2.75) is 0 Å². The molecule has 0 saturated carbocycles. The molecular weight excluding hydrogens is 238 g/mol. The average molecular weight is 245 g/mol. The minimum Gasteiger partial charge on any atom is -0.350 e. The van der Waals surface area contributed by atoms with Gasteiger partial charge >= 0.3 is 16.3 Å². The van der Waals surface area contributed by atoms with Crippen molar-refractivity contribution in [1.82, 2.24) is 9.29 Å². The predicted octanol–water partition coefficient (Wildman–Crippen LogP) is -0.595. The Morgan fingerprint density at radius 1 is 1.38 bits per heavy atom. The molecular formula is C7H7N3O5S. The van der Waals surface area contributed by atoms with Gasteiger partial charge in [0.2, 0.25) is 0 Å². The van der Waals surface area contributed by atoms with Crippen LogP contribution in [0.4, 0.5) is 4.79 Å². The van der Waals surface area contributed by atoms with Crippen LogP contribution in [0.25, 0.3) is 0 Å². The van der Waals surface area contributed by atoms with Crippen LogP contribution < -0.4 is 5.73 Å². The summed E-state index contributed by atoms with van der Waals surface area (Å²) in [7, 11) is -5.04. The van der Waals surface area contributed by atoms with E-state index in [4.69, 9.17) is 4.55 Å². The van der Waals surface area contributed by atoms with E-state index < -0.39 is 26.5 Å². The van der Waals surface area contributed by atoms with Gasteiger partial charge in [-0.2, -0.15) is 8.42 Å². The first-order valence-corrected chi connectivity index (χ1v) is 5.26. The van der Waals surface area contributed by atoms with Crippen molar-refractivity contribution >= 4 is 22.2 Å². The maximum atomic E-state index is 11.5. The third-order valence-electron chi connectivity index (χ3n) is 1.50. The van der Waals surface area contributed by atoms with Crippen LogP contribution in [-0.4, -0.2) is 34.2 Å². The van der Waals surface area contributed by atoms with Crippen LogP contribution in [0.5, 0.6) is 0 Å². The van der Waals surface area contributed by atoms with Gasteiger partial charge in [-0.3, -0.25) is 14.3 Å². The maximum absolute atomic E-state index is 11.5. The first-order valence-electron chi connectivity index (χ1n) is 3.86. The largest absolute Gasteiger partial charge is 0.370 e. The lowest BCUT2D eigenvalue weighted by Gasteiger charge is -2.13. The quantitative estimate of drug-likeness (QED) is 0.669. The zero-order valence-electron chi connectivity index (χ0n) is 7.77. The summed E-state index contributed by atoms with van der Waals surface area (Å²) in [5.74, 6) is -1.32. The van der Waals surface area contributed by atoms with E-state index >= 15 is 0 Å². The number of primary amides is 1. The molecule has 0 aliphatic carbocycles. The van der Waals surface area contributed by atoms with Crippen LogP contribution in [-0.2, 0) is 10.3 Å². The Hall–Kier alpha value is -2.00. The van der Waals surface area contributed by atoms with Crippen LogP contribution in [0.2, 0.25) is 0 Å². The van der Waals surface area contributed by atoms with Gasteiger partial charge in [0.1, 0.15) is 5.69 Å². The Bertz CT molecular complexity index is 512. The second-order valence-corrected chi connectivity index (χ2v) is 3.86. The number of rotatable bonds is 2. The number of urea groups is 1. The number of amides is 3. The number of aromatic nitrogens is 1. The molecule has 0 atom stereocenters. The van der Waals surface area contributed by atoms with Gasteiger partial charge in [-0.25, -0.2) is 4.79 Å². The van der Waals surface area contributed by atoms with Gasteiger partial charge in [0.05, 0.1) is 0 Å². The number of imide groups is 1. The first kappa shape index (κ1) is 12.1. The maximum Gasteiger partial charge on any atom is 0.370 e. The Labute approximate surface area is 90.6 Å². The van der Waals surface area contributed by atoms with Crippen LogP contribution in [0, 0.1) is 0 Å². The van der Waals surface area contributed by atoms with E-state index in [1.54, 1.807) is 0 Å². The average Bonchev–Trinajstić information content (AvgIpc) is 2.16. The van der Waals surface area contributed by atoms with E-state index in [9.17, 15) is 18.0 Å². The standard InChI is InChI=1S/C7H7N3O5S/c8-7(12)10(16(13,14)15)6(11)5-3-1-2-4-9-5/h1-4H,(H2,8,12)(H,13,14,15). The molecule has 0 radical (unpaired) electrons. The van der Waals surface area contributed by atoms with Crippen LogP contribution in [0.1, 0.15) is 10.5 Å². The van der Waals surface area contributed by atoms with Crippen molar-refractivity contribution in [2.24, 2.45) is 5.73 Å². The van der Waals surface area contributed by atoms with Crippen molar-refractivity contribution in [2.75, 3.05) is 0 Å². The molecule has 0 fully saturated rings. The zero-order chi connectivity index (χ0) is 12.3. The highest BCUT2D eigenvalue weighted by atomic mass is 32.2. The van der Waals surface area contributed by atoms with E-state index in [1.165, 1.54) is 24.4 Å². The molecule has 0 aliphatic heterocycles. The number of nitrogens with two attached hydrogens (primary N) is 1. The molecule has 86 valence electrons. The number of hydrogen-bond acceptors (Lipinski definition) is 5. The molecule has 1 aromatic rings. The zero-order valence-corrected chi connectivity index (χ0v) is 8.59. The molecule has 0 aromatic carbocycles. The summed E-state index contributed by atoms with van der Waals surface area (Å²) >= 11 is 0. The monoisotopic (exact) mass is 245 g/mol. The topological polar surface area (TPSA) is 131 Å². The van der Waals surface area contributed by atoms with Crippen LogP contribution in [0.15, 0.2) is 24.4 Å². The van der Waals surface area contributed by atoms with E-state index in [0.717, 1.165) is 0 Å². The van der Waals surface area contributed by atoms with Gasteiger partial charge in [0, 0.05) is 6.20 Å². The molecule has 3 N–H and O–H groups in total. The van der Waals surface area contributed by atoms with E-state index in [1.807, 2.05) is 0 Å². The number of carbonyl (C=O) groups excluding carboxylic acids is 2. The normalized spacial score (nSPS) is 10.8. The molecule has 0 saturated heterocycles. The Balaban J connectivity index is 3.18. The second kappa shape index (κ2) is 4.24. The van der Waals surface area contributed by atoms with Crippen molar-refractivity contribution in [3.63, 3.8) is 0 Å². The lowest BCUT2D eigenvalue weighted by Crippen LogP contribution is -2.44. The van der Waals surface area contributed by atoms with Gasteiger partial charge < -0.3 is 5.73 Å². The smallest absolute Gasteiger partial charge is 0.350 e. The van der Waals surface area contributed by atoms with Crippen molar-refractivity contribution in [3.05, 3.63) is 30.1 Å². The summed E-state index contributed by atoms with van der Waals surface area (Å²) in [4.78, 5) is 25.7. The molecule has 3 amide bonds. The van der Waals surface area contributed by atoms with Gasteiger partial charge in [-0.15, -0.1) is 4.31 Å². The Morgan fingerprint density at radius 3 is 2.38 bits per heavy atom. The van der Waals surface area contributed by atoms with E-state index in [2.05, 4.69) is 10.7 Å². The fourth-order valence-electron chi connectivity index (χ4n) is 0.912. The molecule has 1 rings (SSSR count). The first-order chi connectivity index (χ1) is 7.34. The van der Waals surface area contributed by atoms with E-state index in [-0.39, 0.29) is 5.69 Å². The summed E-state index contributed by atoms with van der Waals surface area (Å²) in [6.07, 6.45) is 1.22. The molecule has 0 bridgehead atoms. The summed E-state index contributed by atoms with van der Waals surface area (Å²) in [6.45, 7) is 0. The van der Waals surface area contributed by atoms with Crippen LogP contribution in [0.3, 0.4) is 0 Å². The molecule has 16 heavy (non-hydrogen) atoms. The van der Waals surface area contributed by atoms with Crippen molar-refractivity contribution in [3.8, 4) is 0 Å². The number of hydrogen-bond donors (Lipinski definition) is 2. The summed E-state index contributed by atoms with van der Waals surface area (Å²) in [5, 5.41) is 0. The van der Waals surface area contributed by atoms with Gasteiger partial charge in [-0.05, 0) is 12.1 Å². The van der Waals surface area contributed by atoms with Crippen molar-refractivity contribution < 1.29 is 22.6 Å². The molecule has 9 heteroatoms. The van der Waals surface area contributed by atoms with Gasteiger partial charge in [-0.1, -0.05) is 6.07 Å². The SMILES string of the molecule is NC(=O)N(C(=O)c1ccccn1)S(=O)(=O)O. The molecule has 1 aromatic heterocycles. The number of pyridine rings is 1. The molecule has 0 unspecified atom stereocenters. The summed E-state index contributed by atoms with van der Waals surface area (Å²) in [6, 6.07) is 2.45. The molecule has 1 heterocycles. The predicted molar refractivity (Wildman–Crippen MR) is 51.5 cm³/mol. The summed E-state index contributed by atoms with van der Waals surface area (Å²) < 4.78 is 29.6. The Kier molecular flexibility index (Phi) is 3.20. The number of nitrogens with zero attached hydrogens (tertiary/aromatic N) is 2. The highest BCUT2D eigenvalue weighted by Gasteiger charge is 2.32. The minimum atomic E-state index is -5.04.